The molecule has 2 rings (SSSR count). The Kier molecular flexibility index (Phi) is 7.15. The van der Waals surface area contributed by atoms with Gasteiger partial charge in [-0.25, -0.2) is 0 Å². The number of rotatable bonds is 6. The van der Waals surface area contributed by atoms with E-state index in [-0.39, 0.29) is 6.61 Å². The molecular formula is C21H21N3O3. The fourth-order valence-corrected chi connectivity index (χ4v) is 2.20. The molecular weight excluding hydrogens is 342 g/mol. The summed E-state index contributed by atoms with van der Waals surface area (Å²) in [4.78, 5) is 23.5. The van der Waals surface area contributed by atoms with E-state index in [9.17, 15) is 9.59 Å². The van der Waals surface area contributed by atoms with E-state index in [2.05, 4.69) is 24.7 Å². The van der Waals surface area contributed by atoms with Crippen LogP contribution in [0.4, 0.5) is 0 Å². The van der Waals surface area contributed by atoms with E-state index in [1.807, 2.05) is 30.3 Å². The zero-order valence-electron chi connectivity index (χ0n) is 15.2. The maximum absolute atomic E-state index is 11.8. The molecule has 0 unspecified atom stereocenters. The largest absolute Gasteiger partial charge is 0.482 e. The minimum atomic E-state index is -0.536. The molecule has 27 heavy (non-hydrogen) atoms. The van der Waals surface area contributed by atoms with Crippen LogP contribution in [0.2, 0.25) is 0 Å². The summed E-state index contributed by atoms with van der Waals surface area (Å²) in [5, 5.41) is 8.96. The van der Waals surface area contributed by atoms with Gasteiger partial charge >= 0.3 is 0 Å². The van der Waals surface area contributed by atoms with Crippen molar-refractivity contribution in [1.82, 2.24) is 10.9 Å². The van der Waals surface area contributed by atoms with Crippen LogP contribution in [0.1, 0.15) is 36.5 Å². The number of hydrogen-bond donors (Lipinski definition) is 2. The zero-order valence-corrected chi connectivity index (χ0v) is 15.2. The first kappa shape index (κ1) is 19.7. The van der Waals surface area contributed by atoms with Crippen molar-refractivity contribution in [2.45, 2.75) is 19.8 Å². The Morgan fingerprint density at radius 3 is 2.48 bits per heavy atom. The van der Waals surface area contributed by atoms with Crippen molar-refractivity contribution in [2.24, 2.45) is 0 Å². The number of amides is 2. The highest BCUT2D eigenvalue weighted by molar-refractivity contribution is 5.93. The maximum atomic E-state index is 11.8. The monoisotopic (exact) mass is 363 g/mol. The topological polar surface area (TPSA) is 91.2 Å². The summed E-state index contributed by atoms with van der Waals surface area (Å²) in [6, 6.07) is 16.5. The van der Waals surface area contributed by atoms with Gasteiger partial charge in [0.05, 0.1) is 5.56 Å². The van der Waals surface area contributed by atoms with Gasteiger partial charge in [0.15, 0.2) is 6.61 Å². The van der Waals surface area contributed by atoms with Crippen molar-refractivity contribution >= 4 is 17.9 Å². The number of carbonyl (C=O) groups is 2. The number of hydrazine groups is 1. The summed E-state index contributed by atoms with van der Waals surface area (Å²) in [7, 11) is 0. The van der Waals surface area contributed by atoms with E-state index in [0.717, 1.165) is 5.56 Å². The first-order valence-corrected chi connectivity index (χ1v) is 8.48. The van der Waals surface area contributed by atoms with E-state index in [1.165, 1.54) is 11.6 Å². The molecule has 0 bridgehead atoms. The Morgan fingerprint density at radius 2 is 1.81 bits per heavy atom. The molecule has 0 radical (unpaired) electrons. The van der Waals surface area contributed by atoms with Gasteiger partial charge in [0, 0.05) is 6.08 Å². The van der Waals surface area contributed by atoms with Gasteiger partial charge in [0.2, 0.25) is 0 Å². The SMILES string of the molecule is CC(C)c1ccc(C=CC(=O)NNC(=O)COc2ccccc2C#N)cc1. The molecule has 0 saturated carbocycles. The second-order valence-electron chi connectivity index (χ2n) is 6.09. The molecule has 0 fully saturated rings. The molecule has 138 valence electrons. The average Bonchev–Trinajstić information content (AvgIpc) is 2.69. The first-order chi connectivity index (χ1) is 13.0. The number of hydrogen-bond acceptors (Lipinski definition) is 4. The van der Waals surface area contributed by atoms with Gasteiger partial charge in [-0.3, -0.25) is 20.4 Å². The minimum absolute atomic E-state index is 0.311. The number of nitrogens with zero attached hydrogens (tertiary/aromatic N) is 1. The smallest absolute Gasteiger partial charge is 0.276 e. The maximum Gasteiger partial charge on any atom is 0.276 e. The van der Waals surface area contributed by atoms with Crippen molar-refractivity contribution in [1.29, 1.82) is 5.26 Å². The summed E-state index contributed by atoms with van der Waals surface area (Å²) < 4.78 is 5.28. The molecule has 2 aromatic carbocycles. The second-order valence-corrected chi connectivity index (χ2v) is 6.09. The van der Waals surface area contributed by atoms with E-state index in [1.54, 1.807) is 30.3 Å². The molecule has 0 saturated heterocycles. The standard InChI is InChI=1S/C21H21N3O3/c1-15(2)17-10-7-16(8-11-17)9-12-20(25)23-24-21(26)14-27-19-6-4-3-5-18(19)13-22/h3-12,15H,14H2,1-2H3,(H,23,25)(H,24,26). The van der Waals surface area contributed by atoms with Crippen LogP contribution in [0.3, 0.4) is 0 Å². The molecule has 2 N–H and O–H groups in total. The number of ether oxygens (including phenoxy) is 1. The van der Waals surface area contributed by atoms with Crippen LogP contribution < -0.4 is 15.6 Å². The zero-order chi connectivity index (χ0) is 19.6. The van der Waals surface area contributed by atoms with Crippen LogP contribution in [-0.4, -0.2) is 18.4 Å². The van der Waals surface area contributed by atoms with Crippen molar-refractivity contribution < 1.29 is 14.3 Å². The van der Waals surface area contributed by atoms with Crippen LogP contribution >= 0.6 is 0 Å². The third-order valence-electron chi connectivity index (χ3n) is 3.72. The first-order valence-electron chi connectivity index (χ1n) is 8.48. The van der Waals surface area contributed by atoms with Gasteiger partial charge in [0.1, 0.15) is 11.8 Å². The molecule has 0 heterocycles. The number of nitriles is 1. The molecule has 0 aliphatic carbocycles. The number of nitrogens with one attached hydrogen (secondary N) is 2. The second kappa shape index (κ2) is 9.78. The lowest BCUT2D eigenvalue weighted by Crippen LogP contribution is -2.43. The third kappa shape index (κ3) is 6.33. The fourth-order valence-electron chi connectivity index (χ4n) is 2.20. The Balaban J connectivity index is 1.77. The summed E-state index contributed by atoms with van der Waals surface area (Å²) in [6.07, 6.45) is 2.99. The molecule has 0 atom stereocenters. The summed E-state index contributed by atoms with van der Waals surface area (Å²) in [6.45, 7) is 3.91. The highest BCUT2D eigenvalue weighted by atomic mass is 16.5. The van der Waals surface area contributed by atoms with E-state index in [4.69, 9.17) is 10.00 Å². The third-order valence-corrected chi connectivity index (χ3v) is 3.72. The molecule has 6 heteroatoms. The van der Waals surface area contributed by atoms with Gasteiger partial charge in [-0.2, -0.15) is 5.26 Å². The van der Waals surface area contributed by atoms with Gasteiger partial charge in [-0.15, -0.1) is 0 Å². The number of para-hydroxylation sites is 1. The van der Waals surface area contributed by atoms with Crippen molar-refractivity contribution in [3.8, 4) is 11.8 Å². The summed E-state index contributed by atoms with van der Waals surface area (Å²) in [5.74, 6) is -0.241. The Bertz CT molecular complexity index is 865. The predicted octanol–water partition coefficient (Wildman–Crippen LogP) is 2.92. The predicted molar refractivity (Wildman–Crippen MR) is 103 cm³/mol. The summed E-state index contributed by atoms with van der Waals surface area (Å²) in [5.41, 5.74) is 6.97. The van der Waals surface area contributed by atoms with Crippen LogP contribution in [-0.2, 0) is 9.59 Å². The van der Waals surface area contributed by atoms with Crippen LogP contribution in [0, 0.1) is 11.3 Å². The van der Waals surface area contributed by atoms with E-state index < -0.39 is 11.8 Å². The van der Waals surface area contributed by atoms with Crippen LogP contribution in [0.5, 0.6) is 5.75 Å². The lowest BCUT2D eigenvalue weighted by atomic mass is 10.0. The number of carbonyl (C=O) groups excluding carboxylic acids is 2. The molecule has 0 aliphatic heterocycles. The summed E-state index contributed by atoms with van der Waals surface area (Å²) >= 11 is 0. The van der Waals surface area contributed by atoms with Gasteiger partial charge in [-0.1, -0.05) is 50.2 Å². The van der Waals surface area contributed by atoms with Crippen molar-refractivity contribution in [3.63, 3.8) is 0 Å². The van der Waals surface area contributed by atoms with Crippen molar-refractivity contribution in [3.05, 3.63) is 71.3 Å². The molecule has 2 amide bonds. The Morgan fingerprint density at radius 1 is 1.11 bits per heavy atom. The molecule has 2 aromatic rings. The molecule has 0 aromatic heterocycles. The van der Waals surface area contributed by atoms with Gasteiger partial charge in [0.25, 0.3) is 11.8 Å². The highest BCUT2D eigenvalue weighted by Crippen LogP contribution is 2.16. The minimum Gasteiger partial charge on any atom is -0.482 e. The van der Waals surface area contributed by atoms with Crippen LogP contribution in [0.25, 0.3) is 6.08 Å². The van der Waals surface area contributed by atoms with Gasteiger partial charge < -0.3 is 4.74 Å². The Labute approximate surface area is 158 Å². The highest BCUT2D eigenvalue weighted by Gasteiger charge is 2.06. The van der Waals surface area contributed by atoms with Crippen LogP contribution in [0.15, 0.2) is 54.6 Å². The van der Waals surface area contributed by atoms with E-state index >= 15 is 0 Å². The lowest BCUT2D eigenvalue weighted by Gasteiger charge is -2.08. The molecule has 0 aliphatic rings. The van der Waals surface area contributed by atoms with E-state index in [0.29, 0.717) is 17.2 Å². The Hall–Kier alpha value is -3.59. The molecule has 6 nitrogen and oxygen atoms in total. The number of benzene rings is 2. The average molecular weight is 363 g/mol. The quantitative estimate of drug-likeness (QED) is 0.610. The van der Waals surface area contributed by atoms with Gasteiger partial charge in [-0.05, 0) is 35.3 Å². The molecule has 0 spiro atoms. The van der Waals surface area contributed by atoms with Crippen molar-refractivity contribution in [2.75, 3.05) is 6.61 Å². The normalized spacial score (nSPS) is 10.4. The lowest BCUT2D eigenvalue weighted by molar-refractivity contribution is -0.128. The fraction of sp³-hybridized carbons (Fsp3) is 0.190.